The van der Waals surface area contributed by atoms with Crippen molar-refractivity contribution in [2.75, 3.05) is 13.1 Å². The molecule has 1 fully saturated rings. The zero-order valence-corrected chi connectivity index (χ0v) is 8.38. The van der Waals surface area contributed by atoms with Gasteiger partial charge in [-0.2, -0.15) is 0 Å². The van der Waals surface area contributed by atoms with Gasteiger partial charge in [-0.15, -0.1) is 0 Å². The lowest BCUT2D eigenvalue weighted by molar-refractivity contribution is -0.130. The Labute approximate surface area is 79.1 Å². The highest BCUT2D eigenvalue weighted by Crippen LogP contribution is 2.17. The second-order valence-corrected chi connectivity index (χ2v) is 3.69. The zero-order valence-electron chi connectivity index (χ0n) is 8.38. The van der Waals surface area contributed by atoms with Crippen molar-refractivity contribution in [3.05, 3.63) is 0 Å². The van der Waals surface area contributed by atoms with Gasteiger partial charge in [0.1, 0.15) is 5.78 Å². The van der Waals surface area contributed by atoms with Crippen molar-refractivity contribution in [1.29, 1.82) is 0 Å². The van der Waals surface area contributed by atoms with E-state index >= 15 is 0 Å². The molecule has 1 heterocycles. The van der Waals surface area contributed by atoms with Crippen LogP contribution in [-0.2, 0) is 9.59 Å². The maximum absolute atomic E-state index is 11.4. The van der Waals surface area contributed by atoms with E-state index in [4.69, 9.17) is 0 Å². The van der Waals surface area contributed by atoms with Gasteiger partial charge in [-0.3, -0.25) is 9.59 Å². The number of likely N-dealkylation sites (tertiary alicyclic amines) is 1. The van der Waals surface area contributed by atoms with Gasteiger partial charge in [0.2, 0.25) is 5.91 Å². The predicted molar refractivity (Wildman–Crippen MR) is 50.3 cm³/mol. The maximum atomic E-state index is 11.4. The highest BCUT2D eigenvalue weighted by molar-refractivity contribution is 5.81. The van der Waals surface area contributed by atoms with Crippen molar-refractivity contribution in [3.63, 3.8) is 0 Å². The summed E-state index contributed by atoms with van der Waals surface area (Å²) in [6, 6.07) is 0. The van der Waals surface area contributed by atoms with Crippen LogP contribution in [0.25, 0.3) is 0 Å². The normalized spacial score (nSPS) is 22.0. The van der Waals surface area contributed by atoms with Gasteiger partial charge in [-0.1, -0.05) is 6.92 Å². The van der Waals surface area contributed by atoms with Crippen molar-refractivity contribution < 1.29 is 9.59 Å². The largest absolute Gasteiger partial charge is 0.342 e. The third kappa shape index (κ3) is 2.54. The number of carbonyl (C=O) groups is 2. The molecule has 1 aliphatic rings. The molecule has 0 aromatic carbocycles. The molecule has 3 heteroatoms. The summed E-state index contributed by atoms with van der Waals surface area (Å²) < 4.78 is 0. The second-order valence-electron chi connectivity index (χ2n) is 3.69. The number of hydrogen-bond acceptors (Lipinski definition) is 2. The molecule has 0 unspecified atom stereocenters. The van der Waals surface area contributed by atoms with Crippen LogP contribution in [0.2, 0.25) is 0 Å². The van der Waals surface area contributed by atoms with Crippen LogP contribution in [-0.4, -0.2) is 29.7 Å². The average Bonchev–Trinajstić information content (AvgIpc) is 2.52. The van der Waals surface area contributed by atoms with Gasteiger partial charge in [0.25, 0.3) is 0 Å². The molecule has 74 valence electrons. The average molecular weight is 183 g/mol. The fourth-order valence-corrected chi connectivity index (χ4v) is 1.69. The van der Waals surface area contributed by atoms with E-state index in [0.29, 0.717) is 13.0 Å². The third-order valence-corrected chi connectivity index (χ3v) is 2.58. The number of ketones is 1. The summed E-state index contributed by atoms with van der Waals surface area (Å²) in [6.07, 6.45) is 2.36. The molecule has 1 saturated heterocycles. The first kappa shape index (κ1) is 10.2. The molecule has 0 radical (unpaired) electrons. The van der Waals surface area contributed by atoms with E-state index in [1.165, 1.54) is 0 Å². The van der Waals surface area contributed by atoms with Crippen LogP contribution < -0.4 is 0 Å². The summed E-state index contributed by atoms with van der Waals surface area (Å²) >= 11 is 0. The van der Waals surface area contributed by atoms with Gasteiger partial charge >= 0.3 is 0 Å². The molecule has 1 aliphatic heterocycles. The van der Waals surface area contributed by atoms with Gasteiger partial charge in [0.15, 0.2) is 0 Å². The van der Waals surface area contributed by atoms with Crippen molar-refractivity contribution in [1.82, 2.24) is 4.90 Å². The Bertz CT molecular complexity index is 213. The van der Waals surface area contributed by atoms with E-state index in [-0.39, 0.29) is 17.6 Å². The molecule has 0 bridgehead atoms. The first-order valence-electron chi connectivity index (χ1n) is 4.93. The molecule has 0 saturated carbocycles. The van der Waals surface area contributed by atoms with Crippen molar-refractivity contribution >= 4 is 11.7 Å². The highest BCUT2D eigenvalue weighted by Gasteiger charge is 2.27. The van der Waals surface area contributed by atoms with Crippen LogP contribution in [0.4, 0.5) is 0 Å². The molecule has 1 rings (SSSR count). The molecule has 1 atom stereocenters. The third-order valence-electron chi connectivity index (χ3n) is 2.58. The molecule has 13 heavy (non-hydrogen) atoms. The van der Waals surface area contributed by atoms with E-state index in [9.17, 15) is 9.59 Å². The van der Waals surface area contributed by atoms with Crippen LogP contribution in [0, 0.1) is 5.92 Å². The molecule has 0 N–H and O–H groups in total. The van der Waals surface area contributed by atoms with Crippen molar-refractivity contribution in [3.8, 4) is 0 Å². The lowest BCUT2D eigenvalue weighted by atomic mass is 10.1. The molecule has 0 aromatic heterocycles. The lowest BCUT2D eigenvalue weighted by Crippen LogP contribution is -2.29. The number of Topliss-reactive ketones (excluding diaryl/α,β-unsaturated/α-hetero) is 1. The van der Waals surface area contributed by atoms with E-state index in [1.54, 1.807) is 6.92 Å². The minimum Gasteiger partial charge on any atom is -0.342 e. The van der Waals surface area contributed by atoms with E-state index in [0.717, 1.165) is 19.4 Å². The van der Waals surface area contributed by atoms with E-state index < -0.39 is 0 Å². The molecular formula is C10H17NO2. The first-order valence-corrected chi connectivity index (χ1v) is 4.93. The van der Waals surface area contributed by atoms with Crippen LogP contribution in [0.5, 0.6) is 0 Å². The fraction of sp³-hybridized carbons (Fsp3) is 0.800. The van der Waals surface area contributed by atoms with E-state index in [2.05, 4.69) is 0 Å². The summed E-state index contributed by atoms with van der Waals surface area (Å²) in [5.74, 6) is 0.513. The van der Waals surface area contributed by atoms with Gasteiger partial charge in [0.05, 0.1) is 0 Å². The zero-order chi connectivity index (χ0) is 9.84. The number of rotatable bonds is 3. The predicted octanol–water partition coefficient (Wildman–Crippen LogP) is 1.22. The Morgan fingerprint density at radius 3 is 2.62 bits per heavy atom. The van der Waals surface area contributed by atoms with Crippen LogP contribution in [0.3, 0.4) is 0 Å². The molecule has 3 nitrogen and oxygen atoms in total. The summed E-state index contributed by atoms with van der Waals surface area (Å²) in [4.78, 5) is 24.3. The van der Waals surface area contributed by atoms with Crippen molar-refractivity contribution in [2.45, 2.75) is 33.1 Å². The Kier molecular flexibility index (Phi) is 3.46. The maximum Gasteiger partial charge on any atom is 0.222 e. The van der Waals surface area contributed by atoms with Gasteiger partial charge < -0.3 is 4.90 Å². The van der Waals surface area contributed by atoms with Crippen LogP contribution in [0.15, 0.2) is 0 Å². The summed E-state index contributed by atoms with van der Waals surface area (Å²) in [7, 11) is 0. The van der Waals surface area contributed by atoms with Gasteiger partial charge in [-0.05, 0) is 19.8 Å². The van der Waals surface area contributed by atoms with Gasteiger partial charge in [0, 0.05) is 25.4 Å². The van der Waals surface area contributed by atoms with Crippen molar-refractivity contribution in [2.24, 2.45) is 5.92 Å². The number of nitrogens with zero attached hydrogens (tertiary/aromatic N) is 1. The second kappa shape index (κ2) is 4.40. The summed E-state index contributed by atoms with van der Waals surface area (Å²) in [5, 5.41) is 0. The number of amides is 1. The number of carbonyl (C=O) groups excluding carboxylic acids is 2. The smallest absolute Gasteiger partial charge is 0.222 e. The fourth-order valence-electron chi connectivity index (χ4n) is 1.69. The van der Waals surface area contributed by atoms with E-state index in [1.807, 2.05) is 11.8 Å². The summed E-state index contributed by atoms with van der Waals surface area (Å²) in [6.45, 7) is 5.02. The van der Waals surface area contributed by atoms with Crippen LogP contribution in [0.1, 0.15) is 33.1 Å². The Morgan fingerprint density at radius 1 is 1.46 bits per heavy atom. The minimum absolute atomic E-state index is 0.0980. The SMILES string of the molecule is CCCC(=O)N1CC[C@@H](C(C)=O)C1. The lowest BCUT2D eigenvalue weighted by Gasteiger charge is -2.15. The highest BCUT2D eigenvalue weighted by atomic mass is 16.2. The summed E-state index contributed by atoms with van der Waals surface area (Å²) in [5.41, 5.74) is 0. The molecule has 1 amide bonds. The Balaban J connectivity index is 2.40. The molecule has 0 spiro atoms. The standard InChI is InChI=1S/C10H17NO2/c1-3-4-10(13)11-6-5-9(7-11)8(2)12/h9H,3-7H2,1-2H3/t9-/m1/s1. The molecular weight excluding hydrogens is 166 g/mol. The molecule has 0 aliphatic carbocycles. The topological polar surface area (TPSA) is 37.4 Å². The quantitative estimate of drug-likeness (QED) is 0.659. The number of hydrogen-bond donors (Lipinski definition) is 0. The Morgan fingerprint density at radius 2 is 2.15 bits per heavy atom. The monoisotopic (exact) mass is 183 g/mol. The Hall–Kier alpha value is -0.860. The van der Waals surface area contributed by atoms with Crippen LogP contribution >= 0.6 is 0 Å². The van der Waals surface area contributed by atoms with Gasteiger partial charge in [-0.25, -0.2) is 0 Å². The minimum atomic E-state index is 0.0980. The first-order chi connectivity index (χ1) is 6.15. The molecule has 0 aromatic rings.